The summed E-state index contributed by atoms with van der Waals surface area (Å²) in [7, 11) is 0. The zero-order chi connectivity index (χ0) is 11.5. The smallest absolute Gasteiger partial charge is 0.0419 e. The molecule has 1 atom stereocenters. The van der Waals surface area contributed by atoms with Gasteiger partial charge in [0.15, 0.2) is 0 Å². The van der Waals surface area contributed by atoms with Crippen molar-refractivity contribution in [3.63, 3.8) is 0 Å². The summed E-state index contributed by atoms with van der Waals surface area (Å²) in [5.74, 6) is 0. The van der Waals surface area contributed by atoms with Gasteiger partial charge in [-0.2, -0.15) is 0 Å². The highest BCUT2D eigenvalue weighted by molar-refractivity contribution is 5.57. The van der Waals surface area contributed by atoms with Crippen LogP contribution in [0.25, 0.3) is 0 Å². The van der Waals surface area contributed by atoms with E-state index >= 15 is 0 Å². The van der Waals surface area contributed by atoms with Gasteiger partial charge in [-0.1, -0.05) is 12.1 Å². The second-order valence-electron chi connectivity index (χ2n) is 4.41. The Labute approximate surface area is 97.4 Å². The molecule has 1 aliphatic rings. The zero-order valence-corrected chi connectivity index (χ0v) is 9.95. The molecular formula is C13H21N3. The molecule has 1 aliphatic heterocycles. The number of hydrogen-bond donors (Lipinski definition) is 2. The minimum Gasteiger partial charge on any atom is -0.372 e. The van der Waals surface area contributed by atoms with Crippen LogP contribution in [0.5, 0.6) is 0 Å². The molecule has 4 N–H and O–H groups in total. The number of nitrogens with two attached hydrogens (primary N) is 2. The maximum Gasteiger partial charge on any atom is 0.0419 e. The van der Waals surface area contributed by atoms with Gasteiger partial charge in [0, 0.05) is 31.4 Å². The van der Waals surface area contributed by atoms with E-state index in [1.54, 1.807) is 0 Å². The van der Waals surface area contributed by atoms with E-state index in [2.05, 4.69) is 30.0 Å². The van der Waals surface area contributed by atoms with Gasteiger partial charge in [0.2, 0.25) is 0 Å². The van der Waals surface area contributed by atoms with Gasteiger partial charge in [-0.15, -0.1) is 0 Å². The SMILES string of the molecule is CCN1CCCc2cc([C@H](N)CN)ccc21. The highest BCUT2D eigenvalue weighted by Crippen LogP contribution is 2.28. The molecule has 3 nitrogen and oxygen atoms in total. The third-order valence-electron chi connectivity index (χ3n) is 3.38. The van der Waals surface area contributed by atoms with E-state index in [0.29, 0.717) is 6.54 Å². The van der Waals surface area contributed by atoms with E-state index in [4.69, 9.17) is 11.5 Å². The van der Waals surface area contributed by atoms with Crippen molar-refractivity contribution in [1.29, 1.82) is 0 Å². The summed E-state index contributed by atoms with van der Waals surface area (Å²) >= 11 is 0. The molecular weight excluding hydrogens is 198 g/mol. The fourth-order valence-corrected chi connectivity index (χ4v) is 2.39. The van der Waals surface area contributed by atoms with Gasteiger partial charge in [0.25, 0.3) is 0 Å². The molecule has 1 heterocycles. The van der Waals surface area contributed by atoms with Crippen molar-refractivity contribution < 1.29 is 0 Å². The molecule has 0 bridgehead atoms. The summed E-state index contributed by atoms with van der Waals surface area (Å²) in [5.41, 5.74) is 15.5. The number of aryl methyl sites for hydroxylation is 1. The lowest BCUT2D eigenvalue weighted by Gasteiger charge is -2.31. The van der Waals surface area contributed by atoms with Crippen LogP contribution in [0.2, 0.25) is 0 Å². The predicted molar refractivity (Wildman–Crippen MR) is 68.6 cm³/mol. The number of benzene rings is 1. The molecule has 0 aromatic heterocycles. The average Bonchev–Trinajstić information content (AvgIpc) is 2.36. The Morgan fingerprint density at radius 2 is 2.25 bits per heavy atom. The van der Waals surface area contributed by atoms with Crippen LogP contribution in [-0.4, -0.2) is 19.6 Å². The van der Waals surface area contributed by atoms with E-state index in [1.807, 2.05) is 0 Å². The molecule has 16 heavy (non-hydrogen) atoms. The van der Waals surface area contributed by atoms with Crippen molar-refractivity contribution in [2.45, 2.75) is 25.8 Å². The van der Waals surface area contributed by atoms with Crippen LogP contribution >= 0.6 is 0 Å². The first-order valence-corrected chi connectivity index (χ1v) is 6.09. The van der Waals surface area contributed by atoms with Crippen molar-refractivity contribution in [1.82, 2.24) is 0 Å². The minimum atomic E-state index is -0.0256. The van der Waals surface area contributed by atoms with Gasteiger partial charge in [0.05, 0.1) is 0 Å². The van der Waals surface area contributed by atoms with Gasteiger partial charge in [-0.05, 0) is 37.0 Å². The summed E-state index contributed by atoms with van der Waals surface area (Å²) in [6.07, 6.45) is 2.40. The van der Waals surface area contributed by atoms with E-state index in [1.165, 1.54) is 29.8 Å². The van der Waals surface area contributed by atoms with Crippen molar-refractivity contribution in [3.05, 3.63) is 29.3 Å². The van der Waals surface area contributed by atoms with Crippen LogP contribution in [0.4, 0.5) is 5.69 Å². The molecule has 0 unspecified atom stereocenters. The molecule has 1 aromatic rings. The van der Waals surface area contributed by atoms with Gasteiger partial charge < -0.3 is 16.4 Å². The van der Waals surface area contributed by atoms with Gasteiger partial charge in [-0.25, -0.2) is 0 Å². The van der Waals surface area contributed by atoms with Crippen LogP contribution in [-0.2, 0) is 6.42 Å². The number of hydrogen-bond acceptors (Lipinski definition) is 3. The summed E-state index contributed by atoms with van der Waals surface area (Å²) in [5, 5.41) is 0. The number of anilines is 1. The maximum atomic E-state index is 5.96. The fraction of sp³-hybridized carbons (Fsp3) is 0.538. The first kappa shape index (κ1) is 11.4. The largest absolute Gasteiger partial charge is 0.372 e. The average molecular weight is 219 g/mol. The van der Waals surface area contributed by atoms with Crippen molar-refractivity contribution in [3.8, 4) is 0 Å². The number of nitrogens with zero attached hydrogens (tertiary/aromatic N) is 1. The fourth-order valence-electron chi connectivity index (χ4n) is 2.39. The van der Waals surface area contributed by atoms with Crippen LogP contribution in [0.1, 0.15) is 30.5 Å². The molecule has 0 amide bonds. The summed E-state index contributed by atoms with van der Waals surface area (Å²) < 4.78 is 0. The van der Waals surface area contributed by atoms with Crippen LogP contribution in [0.3, 0.4) is 0 Å². The molecule has 2 rings (SSSR count). The molecule has 0 fully saturated rings. The van der Waals surface area contributed by atoms with Crippen LogP contribution < -0.4 is 16.4 Å². The Bertz CT molecular complexity index is 362. The van der Waals surface area contributed by atoms with Crippen LogP contribution in [0, 0.1) is 0 Å². The molecule has 0 aliphatic carbocycles. The molecule has 0 radical (unpaired) electrons. The molecule has 0 spiro atoms. The first-order chi connectivity index (χ1) is 7.76. The Morgan fingerprint density at radius 3 is 2.94 bits per heavy atom. The predicted octanol–water partition coefficient (Wildman–Crippen LogP) is 1.42. The Morgan fingerprint density at radius 1 is 1.44 bits per heavy atom. The topological polar surface area (TPSA) is 55.3 Å². The zero-order valence-electron chi connectivity index (χ0n) is 9.95. The standard InChI is InChI=1S/C13H21N3/c1-2-16-7-3-4-11-8-10(12(15)9-14)5-6-13(11)16/h5-6,8,12H,2-4,7,9,14-15H2,1H3/t12-/m1/s1. The van der Waals surface area contributed by atoms with E-state index in [9.17, 15) is 0 Å². The van der Waals surface area contributed by atoms with E-state index in [0.717, 1.165) is 13.0 Å². The number of rotatable bonds is 3. The Kier molecular flexibility index (Phi) is 3.46. The van der Waals surface area contributed by atoms with Crippen molar-refractivity contribution in [2.24, 2.45) is 11.5 Å². The highest BCUT2D eigenvalue weighted by atomic mass is 15.1. The lowest BCUT2D eigenvalue weighted by molar-refractivity contribution is 0.697. The first-order valence-electron chi connectivity index (χ1n) is 6.09. The van der Waals surface area contributed by atoms with Gasteiger partial charge >= 0.3 is 0 Å². The summed E-state index contributed by atoms with van der Waals surface area (Å²) in [4.78, 5) is 2.43. The Hall–Kier alpha value is -1.06. The monoisotopic (exact) mass is 219 g/mol. The van der Waals surface area contributed by atoms with E-state index < -0.39 is 0 Å². The lowest BCUT2D eigenvalue weighted by atomic mass is 9.96. The normalized spacial score (nSPS) is 17.1. The Balaban J connectivity index is 2.31. The number of fused-ring (bicyclic) bond motifs is 1. The summed E-state index contributed by atoms with van der Waals surface area (Å²) in [6.45, 7) is 4.96. The van der Waals surface area contributed by atoms with Gasteiger partial charge in [0.1, 0.15) is 0 Å². The second-order valence-corrected chi connectivity index (χ2v) is 4.41. The quantitative estimate of drug-likeness (QED) is 0.808. The van der Waals surface area contributed by atoms with Crippen molar-refractivity contribution in [2.75, 3.05) is 24.5 Å². The summed E-state index contributed by atoms with van der Waals surface area (Å²) in [6, 6.07) is 6.52. The highest BCUT2D eigenvalue weighted by Gasteiger charge is 2.16. The third-order valence-corrected chi connectivity index (χ3v) is 3.38. The molecule has 88 valence electrons. The third kappa shape index (κ3) is 2.06. The van der Waals surface area contributed by atoms with Crippen molar-refractivity contribution >= 4 is 5.69 Å². The van der Waals surface area contributed by atoms with E-state index in [-0.39, 0.29) is 6.04 Å². The van der Waals surface area contributed by atoms with Crippen LogP contribution in [0.15, 0.2) is 18.2 Å². The minimum absolute atomic E-state index is 0.0256. The molecule has 0 saturated heterocycles. The lowest BCUT2D eigenvalue weighted by Crippen LogP contribution is -2.29. The molecule has 1 aromatic carbocycles. The van der Waals surface area contributed by atoms with Gasteiger partial charge in [-0.3, -0.25) is 0 Å². The maximum absolute atomic E-state index is 5.96. The second kappa shape index (κ2) is 4.85. The molecule has 0 saturated carbocycles. The molecule has 3 heteroatoms.